The fourth-order valence-corrected chi connectivity index (χ4v) is 3.55. The van der Waals surface area contributed by atoms with E-state index >= 15 is 0 Å². The molecule has 1 amide bonds. The SMILES string of the molecule is COC(=O)[C@H](Cc1ccc2ccccc2c1Br)NC(=O)OCc1ccccc1. The van der Waals surface area contributed by atoms with Gasteiger partial charge in [0.1, 0.15) is 12.6 Å². The summed E-state index contributed by atoms with van der Waals surface area (Å²) in [5.74, 6) is -0.531. The molecule has 0 unspecified atom stereocenters. The van der Waals surface area contributed by atoms with Crippen LogP contribution in [0, 0.1) is 0 Å². The third kappa shape index (κ3) is 4.89. The molecule has 1 N–H and O–H groups in total. The van der Waals surface area contributed by atoms with Crippen molar-refractivity contribution < 1.29 is 19.1 Å². The smallest absolute Gasteiger partial charge is 0.408 e. The number of ether oxygens (including phenoxy) is 2. The van der Waals surface area contributed by atoms with E-state index in [1.807, 2.05) is 66.7 Å². The second-order valence-electron chi connectivity index (χ2n) is 6.25. The zero-order valence-electron chi connectivity index (χ0n) is 15.4. The summed E-state index contributed by atoms with van der Waals surface area (Å²) >= 11 is 3.61. The van der Waals surface area contributed by atoms with Crippen LogP contribution >= 0.6 is 15.9 Å². The van der Waals surface area contributed by atoms with E-state index < -0.39 is 18.1 Å². The zero-order chi connectivity index (χ0) is 19.9. The van der Waals surface area contributed by atoms with E-state index in [9.17, 15) is 9.59 Å². The summed E-state index contributed by atoms with van der Waals surface area (Å²) in [5.41, 5.74) is 1.75. The molecule has 0 spiro atoms. The van der Waals surface area contributed by atoms with Crippen molar-refractivity contribution in [1.82, 2.24) is 5.32 Å². The Morgan fingerprint density at radius 3 is 2.46 bits per heavy atom. The van der Waals surface area contributed by atoms with Crippen molar-refractivity contribution >= 4 is 38.8 Å². The first kappa shape index (κ1) is 19.9. The molecule has 144 valence electrons. The number of esters is 1. The van der Waals surface area contributed by atoms with Gasteiger partial charge in [-0.25, -0.2) is 9.59 Å². The van der Waals surface area contributed by atoms with Crippen molar-refractivity contribution in [3.8, 4) is 0 Å². The van der Waals surface area contributed by atoms with Gasteiger partial charge in [0.2, 0.25) is 0 Å². The topological polar surface area (TPSA) is 64.6 Å². The molecule has 0 aliphatic heterocycles. The van der Waals surface area contributed by atoms with Gasteiger partial charge in [-0.15, -0.1) is 0 Å². The summed E-state index contributed by atoms with van der Waals surface area (Å²) in [7, 11) is 1.29. The van der Waals surface area contributed by atoms with E-state index in [1.54, 1.807) is 0 Å². The lowest BCUT2D eigenvalue weighted by Gasteiger charge is -2.18. The van der Waals surface area contributed by atoms with Crippen molar-refractivity contribution in [3.63, 3.8) is 0 Å². The summed E-state index contributed by atoms with van der Waals surface area (Å²) in [4.78, 5) is 24.4. The van der Waals surface area contributed by atoms with E-state index in [2.05, 4.69) is 21.2 Å². The molecule has 0 saturated carbocycles. The molecule has 28 heavy (non-hydrogen) atoms. The van der Waals surface area contributed by atoms with Crippen LogP contribution in [0.2, 0.25) is 0 Å². The first-order valence-electron chi connectivity index (χ1n) is 8.79. The molecule has 3 aromatic carbocycles. The molecule has 0 fully saturated rings. The number of carbonyl (C=O) groups is 2. The summed E-state index contributed by atoms with van der Waals surface area (Å²) in [6.45, 7) is 0.125. The molecular formula is C22H20BrNO4. The molecular weight excluding hydrogens is 422 g/mol. The van der Waals surface area contributed by atoms with Gasteiger partial charge < -0.3 is 14.8 Å². The van der Waals surface area contributed by atoms with Gasteiger partial charge in [-0.1, -0.05) is 66.7 Å². The number of carbonyl (C=O) groups excluding carboxylic acids is 2. The van der Waals surface area contributed by atoms with E-state index in [-0.39, 0.29) is 13.0 Å². The average Bonchev–Trinajstić information content (AvgIpc) is 2.74. The number of halogens is 1. The van der Waals surface area contributed by atoms with Crippen LogP contribution in [0.25, 0.3) is 10.8 Å². The number of hydrogen-bond acceptors (Lipinski definition) is 4. The third-order valence-electron chi connectivity index (χ3n) is 4.36. The second-order valence-corrected chi connectivity index (χ2v) is 7.04. The molecule has 5 nitrogen and oxygen atoms in total. The lowest BCUT2D eigenvalue weighted by Crippen LogP contribution is -2.43. The van der Waals surface area contributed by atoms with E-state index in [0.29, 0.717) is 0 Å². The number of amides is 1. The quantitative estimate of drug-likeness (QED) is 0.567. The van der Waals surface area contributed by atoms with Gasteiger partial charge in [0.25, 0.3) is 0 Å². The maximum atomic E-state index is 12.2. The van der Waals surface area contributed by atoms with Gasteiger partial charge in [-0.05, 0) is 37.8 Å². The van der Waals surface area contributed by atoms with Gasteiger partial charge in [0.15, 0.2) is 0 Å². The van der Waals surface area contributed by atoms with Crippen LogP contribution in [0.1, 0.15) is 11.1 Å². The molecule has 3 rings (SSSR count). The van der Waals surface area contributed by atoms with Gasteiger partial charge in [0, 0.05) is 10.9 Å². The summed E-state index contributed by atoms with van der Waals surface area (Å²) < 4.78 is 11.0. The fourth-order valence-electron chi connectivity index (χ4n) is 2.90. The van der Waals surface area contributed by atoms with E-state index in [4.69, 9.17) is 9.47 Å². The van der Waals surface area contributed by atoms with Crippen molar-refractivity contribution in [1.29, 1.82) is 0 Å². The van der Waals surface area contributed by atoms with E-state index in [1.165, 1.54) is 7.11 Å². The zero-order valence-corrected chi connectivity index (χ0v) is 16.9. The third-order valence-corrected chi connectivity index (χ3v) is 5.29. The summed E-state index contributed by atoms with van der Waals surface area (Å²) in [6, 6.07) is 20.3. The molecule has 0 aliphatic rings. The highest BCUT2D eigenvalue weighted by atomic mass is 79.9. The molecule has 6 heteroatoms. The number of hydrogen-bond donors (Lipinski definition) is 1. The van der Waals surface area contributed by atoms with Crippen LogP contribution in [0.4, 0.5) is 4.79 Å². The Labute approximate surface area is 171 Å². The molecule has 0 heterocycles. The van der Waals surface area contributed by atoms with Crippen LogP contribution < -0.4 is 5.32 Å². The van der Waals surface area contributed by atoms with E-state index in [0.717, 1.165) is 26.4 Å². The first-order chi connectivity index (χ1) is 13.6. The molecule has 0 aromatic heterocycles. The Hall–Kier alpha value is -2.86. The standard InChI is InChI=1S/C22H20BrNO4/c1-27-21(25)19(24-22(26)28-14-15-7-3-2-4-8-15)13-17-12-11-16-9-5-6-10-18(16)20(17)23/h2-12,19H,13-14H2,1H3,(H,24,26)/t19-/m0/s1. The molecule has 1 atom stereocenters. The number of alkyl carbamates (subject to hydrolysis) is 1. The molecule has 0 radical (unpaired) electrons. The number of nitrogens with one attached hydrogen (secondary N) is 1. The first-order valence-corrected chi connectivity index (χ1v) is 9.59. The van der Waals surface area contributed by atoms with Crippen LogP contribution in [-0.4, -0.2) is 25.2 Å². The Kier molecular flexibility index (Phi) is 6.66. The minimum atomic E-state index is -0.856. The predicted octanol–water partition coefficient (Wildman–Crippen LogP) is 4.61. The Balaban J connectivity index is 1.71. The predicted molar refractivity (Wildman–Crippen MR) is 111 cm³/mol. The highest BCUT2D eigenvalue weighted by Gasteiger charge is 2.24. The van der Waals surface area contributed by atoms with Crippen molar-refractivity contribution in [2.75, 3.05) is 7.11 Å². The highest BCUT2D eigenvalue weighted by Crippen LogP contribution is 2.28. The van der Waals surface area contributed by atoms with Gasteiger partial charge in [-0.2, -0.15) is 0 Å². The molecule has 0 bridgehead atoms. The van der Waals surface area contributed by atoms with Gasteiger partial charge in [-0.3, -0.25) is 0 Å². The van der Waals surface area contributed by atoms with Crippen molar-refractivity contribution in [3.05, 3.63) is 82.3 Å². The summed E-state index contributed by atoms with van der Waals surface area (Å²) in [5, 5.41) is 4.73. The maximum Gasteiger partial charge on any atom is 0.408 e. The number of rotatable bonds is 6. The van der Waals surface area contributed by atoms with Crippen LogP contribution in [0.15, 0.2) is 71.2 Å². The minimum absolute atomic E-state index is 0.125. The fraction of sp³-hybridized carbons (Fsp3) is 0.182. The highest BCUT2D eigenvalue weighted by molar-refractivity contribution is 9.10. The number of fused-ring (bicyclic) bond motifs is 1. The molecule has 0 saturated heterocycles. The maximum absolute atomic E-state index is 12.2. The summed E-state index contributed by atoms with van der Waals surface area (Å²) in [6.07, 6.45) is -0.394. The molecule has 3 aromatic rings. The van der Waals surface area contributed by atoms with Crippen molar-refractivity contribution in [2.45, 2.75) is 19.1 Å². The van der Waals surface area contributed by atoms with Crippen LogP contribution in [0.5, 0.6) is 0 Å². The monoisotopic (exact) mass is 441 g/mol. The van der Waals surface area contributed by atoms with Gasteiger partial charge >= 0.3 is 12.1 Å². The largest absolute Gasteiger partial charge is 0.467 e. The average molecular weight is 442 g/mol. The normalized spacial score (nSPS) is 11.6. The second kappa shape index (κ2) is 9.37. The minimum Gasteiger partial charge on any atom is -0.467 e. The number of benzene rings is 3. The number of methoxy groups -OCH3 is 1. The Bertz CT molecular complexity index is 975. The Morgan fingerprint density at radius 1 is 1.00 bits per heavy atom. The van der Waals surface area contributed by atoms with Gasteiger partial charge in [0.05, 0.1) is 7.11 Å². The lowest BCUT2D eigenvalue weighted by atomic mass is 10.0. The van der Waals surface area contributed by atoms with Crippen LogP contribution in [0.3, 0.4) is 0 Å². The lowest BCUT2D eigenvalue weighted by molar-refractivity contribution is -0.143. The molecule has 0 aliphatic carbocycles. The van der Waals surface area contributed by atoms with Crippen molar-refractivity contribution in [2.24, 2.45) is 0 Å². The Morgan fingerprint density at radius 2 is 1.71 bits per heavy atom. The van der Waals surface area contributed by atoms with Crippen LogP contribution in [-0.2, 0) is 27.3 Å².